The number of halogens is 4. The Kier molecular flexibility index (Phi) is 8.72. The van der Waals surface area contributed by atoms with E-state index in [1.54, 1.807) is 0 Å². The van der Waals surface area contributed by atoms with Crippen LogP contribution in [-0.4, -0.2) is 65.3 Å². The average Bonchev–Trinajstić information content (AvgIpc) is 3.27. The van der Waals surface area contributed by atoms with Gasteiger partial charge in [-0.15, -0.1) is 0 Å². The van der Waals surface area contributed by atoms with E-state index in [4.69, 9.17) is 16.3 Å². The van der Waals surface area contributed by atoms with E-state index >= 15 is 0 Å². The van der Waals surface area contributed by atoms with Gasteiger partial charge >= 0.3 is 0 Å². The van der Waals surface area contributed by atoms with Crippen molar-refractivity contribution in [1.82, 2.24) is 20.3 Å². The number of likely N-dealkylation sites (N-methyl/N-ethyl adjacent to an activating group) is 1. The minimum Gasteiger partial charge on any atom is -0.374 e. The van der Waals surface area contributed by atoms with Gasteiger partial charge in [0, 0.05) is 25.2 Å². The second-order valence-corrected chi connectivity index (χ2v) is 7.74. The number of aliphatic imine (C=N–C) groups is 1. The van der Waals surface area contributed by atoms with Crippen molar-refractivity contribution in [2.45, 2.75) is 20.0 Å². The van der Waals surface area contributed by atoms with Crippen LogP contribution in [0.15, 0.2) is 29.3 Å². The summed E-state index contributed by atoms with van der Waals surface area (Å²) in [4.78, 5) is 13.2. The Bertz CT molecular complexity index is 1170. The molecule has 4 rings (SSSR count). The number of ether oxygens (including phenoxy) is 1. The highest BCUT2D eigenvalue weighted by atomic mass is 35.5. The maximum Gasteiger partial charge on any atom is 0.201 e. The summed E-state index contributed by atoms with van der Waals surface area (Å²) in [5.41, 5.74) is 1.89. The lowest BCUT2D eigenvalue weighted by Crippen LogP contribution is -2.43. The number of hydroxylamine groups is 1. The second-order valence-electron chi connectivity index (χ2n) is 7.34. The van der Waals surface area contributed by atoms with Gasteiger partial charge in [-0.3, -0.25) is 10.7 Å². The van der Waals surface area contributed by atoms with Gasteiger partial charge in [-0.25, -0.2) is 23.1 Å². The standard InChI is InChI=1S/C20H20ClF3N6O2.C2H6/c1-30-4-5-32-11(9-30)8-25-20-27-17-12(7-15(23)16(24)18(17)28-20)19(29-31)26-10-2-3-14(22)13(21)6-10;1-2/h2-3,6-7,11,31H,4-5,8-9H2,1H3,(H,26,29)(H2,25,27,28);1-2H3. The molecule has 1 aromatic heterocycles. The van der Waals surface area contributed by atoms with E-state index < -0.39 is 17.5 Å². The Morgan fingerprint density at radius 1 is 1.29 bits per heavy atom. The Morgan fingerprint density at radius 3 is 2.74 bits per heavy atom. The molecule has 2 aromatic carbocycles. The number of hydrogen-bond donors (Lipinski definition) is 4. The van der Waals surface area contributed by atoms with E-state index in [0.717, 1.165) is 18.7 Å². The largest absolute Gasteiger partial charge is 0.374 e. The van der Waals surface area contributed by atoms with Crippen molar-refractivity contribution < 1.29 is 23.1 Å². The average molecular weight is 499 g/mol. The lowest BCUT2D eigenvalue weighted by Gasteiger charge is -2.29. The van der Waals surface area contributed by atoms with Crippen molar-refractivity contribution in [2.75, 3.05) is 38.6 Å². The fourth-order valence-corrected chi connectivity index (χ4v) is 3.58. The summed E-state index contributed by atoms with van der Waals surface area (Å²) < 4.78 is 47.8. The summed E-state index contributed by atoms with van der Waals surface area (Å²) in [7, 11) is 1.98. The molecule has 0 bridgehead atoms. The third-order valence-electron chi connectivity index (χ3n) is 5.01. The Hall–Kier alpha value is -2.86. The van der Waals surface area contributed by atoms with E-state index in [-0.39, 0.29) is 45.2 Å². The highest BCUT2D eigenvalue weighted by molar-refractivity contribution is 6.31. The van der Waals surface area contributed by atoms with Crippen LogP contribution in [0.4, 0.5) is 24.8 Å². The van der Waals surface area contributed by atoms with Gasteiger partial charge in [-0.05, 0) is 31.3 Å². The highest BCUT2D eigenvalue weighted by Gasteiger charge is 2.22. The summed E-state index contributed by atoms with van der Waals surface area (Å²) in [5.74, 6) is -2.99. The summed E-state index contributed by atoms with van der Waals surface area (Å²) in [5, 5.41) is 12.5. The van der Waals surface area contributed by atoms with Gasteiger partial charge in [0.05, 0.1) is 28.9 Å². The molecule has 1 aliphatic rings. The molecule has 4 N–H and O–H groups in total. The monoisotopic (exact) mass is 498 g/mol. The van der Waals surface area contributed by atoms with Crippen LogP contribution in [0.25, 0.3) is 11.0 Å². The third kappa shape index (κ3) is 5.79. The van der Waals surface area contributed by atoms with E-state index in [1.165, 1.54) is 12.1 Å². The molecule has 12 heteroatoms. The molecule has 1 aliphatic heterocycles. The number of H-pyrrole nitrogens is 1. The predicted octanol–water partition coefficient (Wildman–Crippen LogP) is 4.46. The molecule has 1 atom stereocenters. The minimum absolute atomic E-state index is 0.0102. The van der Waals surface area contributed by atoms with Crippen LogP contribution in [0.3, 0.4) is 0 Å². The van der Waals surface area contributed by atoms with Gasteiger partial charge in [0.15, 0.2) is 17.5 Å². The molecule has 0 radical (unpaired) electrons. The van der Waals surface area contributed by atoms with Crippen LogP contribution in [0.1, 0.15) is 19.4 Å². The molecule has 8 nitrogen and oxygen atoms in total. The van der Waals surface area contributed by atoms with Crippen LogP contribution in [0, 0.1) is 17.5 Å². The third-order valence-corrected chi connectivity index (χ3v) is 5.30. The predicted molar refractivity (Wildman–Crippen MR) is 126 cm³/mol. The SMILES string of the molecule is CC.CN1CCOC(CNc2nc3c(F)c(F)cc(C(=Nc4ccc(F)c(Cl)c4)NO)c3[nH]2)C1. The molecule has 2 heterocycles. The van der Waals surface area contributed by atoms with Gasteiger partial charge in [-0.1, -0.05) is 25.4 Å². The number of imidazole rings is 1. The number of morpholine rings is 1. The zero-order valence-corrected chi connectivity index (χ0v) is 19.7. The number of fused-ring (bicyclic) bond motifs is 1. The first-order valence-electron chi connectivity index (χ1n) is 10.7. The van der Waals surface area contributed by atoms with E-state index in [9.17, 15) is 18.4 Å². The molecule has 0 amide bonds. The summed E-state index contributed by atoms with van der Waals surface area (Å²) >= 11 is 5.76. The lowest BCUT2D eigenvalue weighted by atomic mass is 10.1. The molecule has 34 heavy (non-hydrogen) atoms. The van der Waals surface area contributed by atoms with Gasteiger partial charge < -0.3 is 19.9 Å². The van der Waals surface area contributed by atoms with Crippen LogP contribution in [-0.2, 0) is 4.74 Å². The summed E-state index contributed by atoms with van der Waals surface area (Å²) in [6.07, 6.45) is -0.0949. The fourth-order valence-electron chi connectivity index (χ4n) is 3.40. The minimum atomic E-state index is -1.18. The molecule has 1 saturated heterocycles. The van der Waals surface area contributed by atoms with Crippen molar-refractivity contribution >= 4 is 40.1 Å². The van der Waals surface area contributed by atoms with Crippen molar-refractivity contribution in [1.29, 1.82) is 0 Å². The number of rotatable bonds is 5. The molecular weight excluding hydrogens is 473 g/mol. The second kappa shape index (κ2) is 11.5. The number of aromatic amines is 1. The van der Waals surface area contributed by atoms with Crippen molar-refractivity contribution in [3.05, 3.63) is 52.3 Å². The number of anilines is 1. The first kappa shape index (κ1) is 25.8. The molecular formula is C22H26ClF3N6O2. The molecule has 0 saturated carbocycles. The molecule has 0 aliphatic carbocycles. The first-order chi connectivity index (χ1) is 16.4. The van der Waals surface area contributed by atoms with Crippen molar-refractivity contribution in [2.24, 2.45) is 4.99 Å². The number of aromatic nitrogens is 2. The van der Waals surface area contributed by atoms with Crippen LogP contribution in [0.2, 0.25) is 5.02 Å². The number of nitrogens with one attached hydrogen (secondary N) is 3. The van der Waals surface area contributed by atoms with E-state index in [1.807, 2.05) is 26.4 Å². The van der Waals surface area contributed by atoms with Crippen LogP contribution < -0.4 is 10.8 Å². The summed E-state index contributed by atoms with van der Waals surface area (Å²) in [6.45, 7) is 6.55. The quantitative estimate of drug-likeness (QED) is 0.235. The number of hydrogen-bond acceptors (Lipinski definition) is 6. The first-order valence-corrected chi connectivity index (χ1v) is 11.1. The smallest absolute Gasteiger partial charge is 0.201 e. The van der Waals surface area contributed by atoms with Gasteiger partial charge in [0.2, 0.25) is 5.95 Å². The van der Waals surface area contributed by atoms with Crippen LogP contribution in [0.5, 0.6) is 0 Å². The zero-order chi connectivity index (χ0) is 24.8. The lowest BCUT2D eigenvalue weighted by molar-refractivity contribution is -0.0117. The van der Waals surface area contributed by atoms with E-state index in [0.29, 0.717) is 19.7 Å². The fraction of sp³-hybridized carbons (Fsp3) is 0.364. The maximum atomic E-state index is 14.4. The van der Waals surface area contributed by atoms with Crippen molar-refractivity contribution in [3.8, 4) is 0 Å². The summed E-state index contributed by atoms with van der Waals surface area (Å²) in [6, 6.07) is 4.51. The normalized spacial score (nSPS) is 16.8. The molecule has 184 valence electrons. The van der Waals surface area contributed by atoms with Crippen LogP contribution >= 0.6 is 11.6 Å². The van der Waals surface area contributed by atoms with Gasteiger partial charge in [0.25, 0.3) is 0 Å². The van der Waals surface area contributed by atoms with Crippen molar-refractivity contribution in [3.63, 3.8) is 0 Å². The van der Waals surface area contributed by atoms with E-state index in [2.05, 4.69) is 25.2 Å². The molecule has 0 spiro atoms. The highest BCUT2D eigenvalue weighted by Crippen LogP contribution is 2.27. The Morgan fingerprint density at radius 2 is 2.06 bits per heavy atom. The maximum absolute atomic E-state index is 14.4. The molecule has 3 aromatic rings. The Balaban J connectivity index is 0.00000158. The topological polar surface area (TPSA) is 97.8 Å². The Labute approximate surface area is 199 Å². The number of benzene rings is 2. The van der Waals surface area contributed by atoms with Gasteiger partial charge in [-0.2, -0.15) is 0 Å². The molecule has 1 unspecified atom stereocenters. The molecule has 1 fully saturated rings. The zero-order valence-electron chi connectivity index (χ0n) is 18.9. The number of amidine groups is 1. The number of nitrogens with zero attached hydrogens (tertiary/aromatic N) is 3. The van der Waals surface area contributed by atoms with Gasteiger partial charge in [0.1, 0.15) is 11.3 Å².